The molecule has 0 N–H and O–H groups in total. The molecule has 3 nitrogen and oxygen atoms in total. The molecule has 74 valence electrons. The van der Waals surface area contributed by atoms with Crippen molar-refractivity contribution in [1.82, 2.24) is 4.90 Å². The van der Waals surface area contributed by atoms with Gasteiger partial charge >= 0.3 is 5.97 Å². The summed E-state index contributed by atoms with van der Waals surface area (Å²) >= 11 is 6.55. The quantitative estimate of drug-likeness (QED) is 0.515. The Hall–Kier alpha value is -0.290. The number of ether oxygens (including phenoxy) is 1. The molecule has 0 amide bonds. The molecule has 0 aromatic heterocycles. The number of hydrogen-bond acceptors (Lipinski definition) is 4. The maximum Gasteiger partial charge on any atom is 0.316 e. The van der Waals surface area contributed by atoms with E-state index in [1.807, 2.05) is 0 Å². The second kappa shape index (κ2) is 5.44. The minimum absolute atomic E-state index is 0.216. The number of carbonyl (C=O) groups is 1. The second-order valence-corrected chi connectivity index (χ2v) is 4.43. The highest BCUT2D eigenvalue weighted by Gasteiger charge is 2.15. The topological polar surface area (TPSA) is 29.5 Å². The van der Waals surface area contributed by atoms with Gasteiger partial charge in [0.2, 0.25) is 0 Å². The fraction of sp³-hybridized carbons (Fsp3) is 0.750. The summed E-state index contributed by atoms with van der Waals surface area (Å²) in [7, 11) is 1.39. The zero-order chi connectivity index (χ0) is 9.68. The van der Waals surface area contributed by atoms with Crippen LogP contribution in [0.15, 0.2) is 0 Å². The first-order valence-electron chi connectivity index (χ1n) is 4.22. The molecule has 0 bridgehead atoms. The van der Waals surface area contributed by atoms with Crippen molar-refractivity contribution in [2.45, 2.75) is 12.8 Å². The van der Waals surface area contributed by atoms with E-state index in [-0.39, 0.29) is 5.97 Å². The Morgan fingerprint density at radius 3 is 2.69 bits per heavy atom. The van der Waals surface area contributed by atoms with Gasteiger partial charge in [-0.2, -0.15) is 0 Å². The number of hydrogen-bond donors (Lipinski definition) is 0. The van der Waals surface area contributed by atoms with E-state index in [2.05, 4.69) is 9.64 Å². The molecule has 1 saturated heterocycles. The van der Waals surface area contributed by atoms with E-state index in [0.29, 0.717) is 5.75 Å². The first-order valence-corrected chi connectivity index (χ1v) is 5.62. The van der Waals surface area contributed by atoms with Crippen LogP contribution in [0.5, 0.6) is 0 Å². The third-order valence-corrected chi connectivity index (χ3v) is 3.40. The van der Waals surface area contributed by atoms with Gasteiger partial charge < -0.3 is 9.64 Å². The molecule has 1 rings (SSSR count). The third-order valence-electron chi connectivity index (χ3n) is 1.91. The van der Waals surface area contributed by atoms with Crippen molar-refractivity contribution in [1.29, 1.82) is 0 Å². The molecule has 0 aromatic rings. The summed E-state index contributed by atoms with van der Waals surface area (Å²) in [6, 6.07) is 0. The number of carbonyl (C=O) groups excluding carboxylic acids is 1. The van der Waals surface area contributed by atoms with Crippen molar-refractivity contribution in [3.05, 3.63) is 0 Å². The monoisotopic (exact) mass is 219 g/mol. The van der Waals surface area contributed by atoms with Gasteiger partial charge in [-0.3, -0.25) is 4.79 Å². The minimum Gasteiger partial charge on any atom is -0.468 e. The summed E-state index contributed by atoms with van der Waals surface area (Å²) in [4.78, 5) is 13.0. The van der Waals surface area contributed by atoms with Gasteiger partial charge in [-0.05, 0) is 12.8 Å². The van der Waals surface area contributed by atoms with E-state index in [0.717, 1.165) is 17.4 Å². The SMILES string of the molecule is COC(=O)CSC(=S)N1CCCC1. The van der Waals surface area contributed by atoms with Crippen LogP contribution < -0.4 is 0 Å². The molecule has 1 aliphatic heterocycles. The van der Waals surface area contributed by atoms with E-state index >= 15 is 0 Å². The van der Waals surface area contributed by atoms with Gasteiger partial charge in [-0.25, -0.2) is 0 Å². The van der Waals surface area contributed by atoms with Crippen molar-refractivity contribution in [2.75, 3.05) is 26.0 Å². The van der Waals surface area contributed by atoms with Crippen LogP contribution in [0.3, 0.4) is 0 Å². The molecule has 0 saturated carbocycles. The zero-order valence-electron chi connectivity index (χ0n) is 7.62. The van der Waals surface area contributed by atoms with Crippen LogP contribution in [0.1, 0.15) is 12.8 Å². The molecule has 0 spiro atoms. The van der Waals surface area contributed by atoms with Gasteiger partial charge in [0.15, 0.2) is 0 Å². The van der Waals surface area contributed by atoms with Crippen LogP contribution in [0.2, 0.25) is 0 Å². The van der Waals surface area contributed by atoms with Gasteiger partial charge in [-0.15, -0.1) is 0 Å². The Balaban J connectivity index is 2.20. The van der Waals surface area contributed by atoms with E-state index in [4.69, 9.17) is 12.2 Å². The smallest absolute Gasteiger partial charge is 0.316 e. The van der Waals surface area contributed by atoms with Crippen molar-refractivity contribution in [2.24, 2.45) is 0 Å². The fourth-order valence-corrected chi connectivity index (χ4v) is 2.25. The molecule has 0 unspecified atom stereocenters. The van der Waals surface area contributed by atoms with Gasteiger partial charge in [0.1, 0.15) is 4.32 Å². The number of methoxy groups -OCH3 is 1. The summed E-state index contributed by atoms with van der Waals surface area (Å²) in [5, 5.41) is 0. The molecule has 1 aliphatic rings. The lowest BCUT2D eigenvalue weighted by atomic mass is 10.4. The lowest BCUT2D eigenvalue weighted by molar-refractivity contribution is -0.137. The zero-order valence-corrected chi connectivity index (χ0v) is 9.25. The van der Waals surface area contributed by atoms with Crippen molar-refractivity contribution in [3.8, 4) is 0 Å². The molecular weight excluding hydrogens is 206 g/mol. The van der Waals surface area contributed by atoms with Crippen LogP contribution in [-0.4, -0.2) is 41.1 Å². The summed E-state index contributed by atoms with van der Waals surface area (Å²) in [6.07, 6.45) is 2.41. The Morgan fingerprint density at radius 1 is 1.54 bits per heavy atom. The molecule has 13 heavy (non-hydrogen) atoms. The standard InChI is InChI=1S/C8H13NO2S2/c1-11-7(10)6-13-8(12)9-4-2-3-5-9/h2-6H2,1H3. The average Bonchev–Trinajstić information content (AvgIpc) is 2.66. The third kappa shape index (κ3) is 3.52. The predicted octanol–water partition coefficient (Wildman–Crippen LogP) is 1.27. The molecule has 0 atom stereocenters. The molecule has 0 radical (unpaired) electrons. The van der Waals surface area contributed by atoms with Gasteiger partial charge in [0.05, 0.1) is 12.9 Å². The summed E-state index contributed by atoms with van der Waals surface area (Å²) in [5.41, 5.74) is 0. The van der Waals surface area contributed by atoms with Crippen LogP contribution in [0, 0.1) is 0 Å². The molecule has 1 heterocycles. The largest absolute Gasteiger partial charge is 0.468 e. The lowest BCUT2D eigenvalue weighted by Gasteiger charge is -2.16. The van der Waals surface area contributed by atoms with Crippen molar-refractivity contribution < 1.29 is 9.53 Å². The molecule has 0 aromatic carbocycles. The van der Waals surface area contributed by atoms with Gasteiger partial charge in [0.25, 0.3) is 0 Å². The van der Waals surface area contributed by atoms with E-state index < -0.39 is 0 Å². The highest BCUT2D eigenvalue weighted by atomic mass is 32.2. The van der Waals surface area contributed by atoms with Crippen LogP contribution >= 0.6 is 24.0 Å². The average molecular weight is 219 g/mol. The summed E-state index contributed by atoms with van der Waals surface area (Å²) < 4.78 is 5.35. The first-order chi connectivity index (χ1) is 6.24. The lowest BCUT2D eigenvalue weighted by Crippen LogP contribution is -2.24. The predicted molar refractivity (Wildman–Crippen MR) is 57.9 cm³/mol. The number of thiocarbonyl (C=S) groups is 1. The molecule has 0 aliphatic carbocycles. The van der Waals surface area contributed by atoms with Crippen LogP contribution in [-0.2, 0) is 9.53 Å². The highest BCUT2D eigenvalue weighted by Crippen LogP contribution is 2.15. The number of nitrogens with zero attached hydrogens (tertiary/aromatic N) is 1. The number of likely N-dealkylation sites (tertiary alicyclic amines) is 1. The summed E-state index contributed by atoms with van der Waals surface area (Å²) in [5.74, 6) is 0.109. The molecular formula is C8H13NO2S2. The van der Waals surface area contributed by atoms with Crippen molar-refractivity contribution >= 4 is 34.3 Å². The first kappa shape index (κ1) is 10.8. The second-order valence-electron chi connectivity index (χ2n) is 2.82. The van der Waals surface area contributed by atoms with Crippen LogP contribution in [0.25, 0.3) is 0 Å². The Morgan fingerprint density at radius 2 is 2.15 bits per heavy atom. The van der Waals surface area contributed by atoms with Gasteiger partial charge in [-0.1, -0.05) is 24.0 Å². The fourth-order valence-electron chi connectivity index (χ4n) is 1.17. The van der Waals surface area contributed by atoms with Crippen molar-refractivity contribution in [3.63, 3.8) is 0 Å². The van der Waals surface area contributed by atoms with Crippen LogP contribution in [0.4, 0.5) is 0 Å². The Kier molecular flexibility index (Phi) is 4.52. The Labute approximate surface area is 87.8 Å². The van der Waals surface area contributed by atoms with E-state index in [9.17, 15) is 4.79 Å². The maximum atomic E-state index is 10.8. The molecule has 1 fully saturated rings. The normalized spacial score (nSPS) is 15.9. The number of esters is 1. The highest BCUT2D eigenvalue weighted by molar-refractivity contribution is 8.23. The van der Waals surface area contributed by atoms with E-state index in [1.165, 1.54) is 31.7 Å². The Bertz CT molecular complexity index is 202. The van der Waals surface area contributed by atoms with Gasteiger partial charge in [0, 0.05) is 13.1 Å². The molecule has 5 heteroatoms. The maximum absolute atomic E-state index is 10.8. The van der Waals surface area contributed by atoms with E-state index in [1.54, 1.807) is 0 Å². The number of rotatable bonds is 2. The number of thioether (sulfide) groups is 1. The minimum atomic E-state index is -0.216. The summed E-state index contributed by atoms with van der Waals surface area (Å²) in [6.45, 7) is 2.07.